The lowest BCUT2D eigenvalue weighted by molar-refractivity contribution is -0.121. The summed E-state index contributed by atoms with van der Waals surface area (Å²) in [5.41, 5.74) is 1.12. The standard InChI is InChI=1S/C23H26N2O4S/c1-25(30(27,28)22-13-12-19-9-3-4-10-20(19)16-22)17-23(26)24-14-6-8-18-7-5-11-21(15-18)29-2/h3-5,7,9-13,15-16H,6,8,14,17H2,1-2H3,(H,24,26). The van der Waals surface area contributed by atoms with Crippen LogP contribution in [0.25, 0.3) is 10.8 Å². The first-order valence-electron chi connectivity index (χ1n) is 9.75. The second-order valence-electron chi connectivity index (χ2n) is 7.08. The van der Waals surface area contributed by atoms with Crippen molar-refractivity contribution in [2.45, 2.75) is 17.7 Å². The zero-order valence-corrected chi connectivity index (χ0v) is 18.0. The monoisotopic (exact) mass is 426 g/mol. The Bertz CT molecular complexity index is 1130. The summed E-state index contributed by atoms with van der Waals surface area (Å²) in [6.07, 6.45) is 1.54. The van der Waals surface area contributed by atoms with Crippen molar-refractivity contribution < 1.29 is 17.9 Å². The molecule has 3 aromatic carbocycles. The van der Waals surface area contributed by atoms with E-state index in [0.29, 0.717) is 6.54 Å². The zero-order valence-electron chi connectivity index (χ0n) is 17.2. The highest BCUT2D eigenvalue weighted by Crippen LogP contribution is 2.21. The van der Waals surface area contributed by atoms with Crippen molar-refractivity contribution in [1.29, 1.82) is 0 Å². The van der Waals surface area contributed by atoms with Crippen LogP contribution >= 0.6 is 0 Å². The summed E-state index contributed by atoms with van der Waals surface area (Å²) in [4.78, 5) is 12.4. The molecule has 1 amide bonds. The van der Waals surface area contributed by atoms with E-state index >= 15 is 0 Å². The van der Waals surface area contributed by atoms with Gasteiger partial charge in [0.05, 0.1) is 18.6 Å². The molecular formula is C23H26N2O4S. The third-order valence-electron chi connectivity index (χ3n) is 4.89. The summed E-state index contributed by atoms with van der Waals surface area (Å²) in [5.74, 6) is 0.476. The fraction of sp³-hybridized carbons (Fsp3) is 0.261. The highest BCUT2D eigenvalue weighted by atomic mass is 32.2. The number of methoxy groups -OCH3 is 1. The number of fused-ring (bicyclic) bond motifs is 1. The second kappa shape index (κ2) is 9.73. The van der Waals surface area contributed by atoms with Gasteiger partial charge < -0.3 is 10.1 Å². The van der Waals surface area contributed by atoms with Gasteiger partial charge in [0.2, 0.25) is 15.9 Å². The maximum Gasteiger partial charge on any atom is 0.243 e. The summed E-state index contributed by atoms with van der Waals surface area (Å²) < 4.78 is 31.9. The Morgan fingerprint density at radius 3 is 2.53 bits per heavy atom. The molecule has 158 valence electrons. The van der Waals surface area contributed by atoms with Crippen LogP contribution < -0.4 is 10.1 Å². The maximum absolute atomic E-state index is 12.8. The Morgan fingerprint density at radius 1 is 1.00 bits per heavy atom. The van der Waals surface area contributed by atoms with Crippen LogP contribution in [-0.4, -0.2) is 45.9 Å². The number of rotatable bonds is 9. The molecule has 30 heavy (non-hydrogen) atoms. The van der Waals surface area contributed by atoms with Crippen molar-refractivity contribution in [3.05, 3.63) is 72.3 Å². The van der Waals surface area contributed by atoms with Gasteiger partial charge in [-0.1, -0.05) is 42.5 Å². The Kier molecular flexibility index (Phi) is 7.07. The Hall–Kier alpha value is -2.90. The molecule has 0 spiro atoms. The molecule has 1 N–H and O–H groups in total. The number of carbonyl (C=O) groups is 1. The number of amides is 1. The van der Waals surface area contributed by atoms with Crippen LogP contribution in [0.1, 0.15) is 12.0 Å². The fourth-order valence-corrected chi connectivity index (χ4v) is 4.36. The summed E-state index contributed by atoms with van der Waals surface area (Å²) in [6.45, 7) is 0.244. The number of likely N-dealkylation sites (N-methyl/N-ethyl adjacent to an activating group) is 1. The molecule has 0 atom stereocenters. The first-order valence-corrected chi connectivity index (χ1v) is 11.2. The average molecular weight is 427 g/mol. The number of benzene rings is 3. The van der Waals surface area contributed by atoms with E-state index in [1.807, 2.05) is 48.5 Å². The number of aryl methyl sites for hydroxylation is 1. The molecule has 0 unspecified atom stereocenters. The highest BCUT2D eigenvalue weighted by molar-refractivity contribution is 7.89. The van der Waals surface area contributed by atoms with Gasteiger partial charge in [-0.3, -0.25) is 4.79 Å². The minimum atomic E-state index is -3.75. The van der Waals surface area contributed by atoms with Gasteiger partial charge in [-0.2, -0.15) is 4.31 Å². The lowest BCUT2D eigenvalue weighted by Crippen LogP contribution is -2.38. The maximum atomic E-state index is 12.8. The van der Waals surface area contributed by atoms with E-state index in [9.17, 15) is 13.2 Å². The van der Waals surface area contributed by atoms with Crippen LogP contribution in [0.3, 0.4) is 0 Å². The predicted octanol–water partition coefficient (Wildman–Crippen LogP) is 3.22. The highest BCUT2D eigenvalue weighted by Gasteiger charge is 2.23. The van der Waals surface area contributed by atoms with Crippen molar-refractivity contribution >= 4 is 26.7 Å². The van der Waals surface area contributed by atoms with Crippen LogP contribution in [0.15, 0.2) is 71.6 Å². The number of nitrogens with zero attached hydrogens (tertiary/aromatic N) is 1. The topological polar surface area (TPSA) is 75.7 Å². The van der Waals surface area contributed by atoms with Crippen LogP contribution in [0.2, 0.25) is 0 Å². The van der Waals surface area contributed by atoms with Gasteiger partial charge in [0.15, 0.2) is 0 Å². The molecule has 0 aliphatic rings. The second-order valence-corrected chi connectivity index (χ2v) is 9.12. The number of carbonyl (C=O) groups excluding carboxylic acids is 1. The molecule has 3 aromatic rings. The summed E-state index contributed by atoms with van der Waals surface area (Å²) in [5, 5.41) is 4.60. The van der Waals surface area contributed by atoms with Crippen molar-refractivity contribution in [2.24, 2.45) is 0 Å². The fourth-order valence-electron chi connectivity index (χ4n) is 3.20. The molecule has 0 fully saturated rings. The molecule has 7 heteroatoms. The lowest BCUT2D eigenvalue weighted by Gasteiger charge is -2.17. The zero-order chi connectivity index (χ0) is 21.6. The van der Waals surface area contributed by atoms with E-state index in [-0.39, 0.29) is 17.3 Å². The number of ether oxygens (including phenoxy) is 1. The van der Waals surface area contributed by atoms with Crippen LogP contribution in [0.5, 0.6) is 5.75 Å². The quantitative estimate of drug-likeness (QED) is 0.533. The molecule has 3 rings (SSSR count). The average Bonchev–Trinajstić information content (AvgIpc) is 2.76. The van der Waals surface area contributed by atoms with E-state index in [1.165, 1.54) is 7.05 Å². The third-order valence-corrected chi connectivity index (χ3v) is 6.69. The first kappa shape index (κ1) is 21.8. The predicted molar refractivity (Wildman–Crippen MR) is 118 cm³/mol. The smallest absolute Gasteiger partial charge is 0.243 e. The van der Waals surface area contributed by atoms with Crippen LogP contribution in [-0.2, 0) is 21.2 Å². The summed E-state index contributed by atoms with van der Waals surface area (Å²) in [7, 11) is -0.704. The molecule has 0 bridgehead atoms. The van der Waals surface area contributed by atoms with E-state index in [1.54, 1.807) is 25.3 Å². The van der Waals surface area contributed by atoms with Crippen LogP contribution in [0.4, 0.5) is 0 Å². The minimum absolute atomic E-state index is 0.175. The molecule has 0 saturated heterocycles. The van der Waals surface area contributed by atoms with E-state index in [2.05, 4.69) is 5.32 Å². The molecule has 0 heterocycles. The van der Waals surface area contributed by atoms with Gasteiger partial charge >= 0.3 is 0 Å². The van der Waals surface area contributed by atoms with Gasteiger partial charge in [-0.25, -0.2) is 8.42 Å². The van der Waals surface area contributed by atoms with E-state index in [0.717, 1.165) is 39.2 Å². The van der Waals surface area contributed by atoms with Gasteiger partial charge in [0, 0.05) is 13.6 Å². The molecule has 0 radical (unpaired) electrons. The van der Waals surface area contributed by atoms with E-state index in [4.69, 9.17) is 4.74 Å². The summed E-state index contributed by atoms with van der Waals surface area (Å²) in [6, 6.07) is 20.3. The normalized spacial score (nSPS) is 11.6. The molecular weight excluding hydrogens is 400 g/mol. The molecule has 6 nitrogen and oxygen atoms in total. The number of nitrogens with one attached hydrogen (secondary N) is 1. The Morgan fingerprint density at radius 2 is 1.77 bits per heavy atom. The van der Waals surface area contributed by atoms with Gasteiger partial charge in [-0.05, 0) is 53.4 Å². The minimum Gasteiger partial charge on any atom is -0.497 e. The molecule has 0 aromatic heterocycles. The van der Waals surface area contributed by atoms with Crippen molar-refractivity contribution in [3.8, 4) is 5.75 Å². The summed E-state index contributed by atoms with van der Waals surface area (Å²) >= 11 is 0. The lowest BCUT2D eigenvalue weighted by atomic mass is 10.1. The Labute approximate surface area is 177 Å². The first-order chi connectivity index (χ1) is 14.4. The number of sulfonamides is 1. The number of hydrogen-bond donors (Lipinski definition) is 1. The van der Waals surface area contributed by atoms with E-state index < -0.39 is 10.0 Å². The SMILES string of the molecule is COc1cccc(CCCNC(=O)CN(C)S(=O)(=O)c2ccc3ccccc3c2)c1. The van der Waals surface area contributed by atoms with Gasteiger partial charge in [-0.15, -0.1) is 0 Å². The van der Waals surface area contributed by atoms with Crippen molar-refractivity contribution in [3.63, 3.8) is 0 Å². The largest absolute Gasteiger partial charge is 0.497 e. The van der Waals surface area contributed by atoms with Crippen LogP contribution in [0, 0.1) is 0 Å². The molecule has 0 saturated carbocycles. The third kappa shape index (κ3) is 5.37. The molecule has 0 aliphatic carbocycles. The van der Waals surface area contributed by atoms with Crippen molar-refractivity contribution in [2.75, 3.05) is 27.2 Å². The van der Waals surface area contributed by atoms with Gasteiger partial charge in [0.1, 0.15) is 5.75 Å². The Balaban J connectivity index is 1.52. The van der Waals surface area contributed by atoms with Crippen molar-refractivity contribution in [1.82, 2.24) is 9.62 Å². The van der Waals surface area contributed by atoms with Gasteiger partial charge in [0.25, 0.3) is 0 Å². The number of hydrogen-bond acceptors (Lipinski definition) is 4. The molecule has 0 aliphatic heterocycles.